The number of carbonyl (C=O) groups is 2. The van der Waals surface area contributed by atoms with E-state index in [-0.39, 0.29) is 12.0 Å². The Kier molecular flexibility index (Phi) is 8.63. The van der Waals surface area contributed by atoms with Crippen LogP contribution in [0.5, 0.6) is 11.5 Å². The molecule has 1 amide bonds. The number of amides is 1. The Bertz CT molecular complexity index is 1280. The molecule has 3 N–H and O–H groups in total. The lowest BCUT2D eigenvalue weighted by Gasteiger charge is -2.18. The van der Waals surface area contributed by atoms with Gasteiger partial charge in [-0.15, -0.1) is 23.1 Å². The zero-order valence-corrected chi connectivity index (χ0v) is 22.9. The maximum atomic E-state index is 11.3. The number of halogens is 1. The Balaban J connectivity index is 0.000000184. The number of carboxylic acid groups (broad SMARTS) is 1. The summed E-state index contributed by atoms with van der Waals surface area (Å²) >= 11 is 9.47. The molecule has 1 atom stereocenters. The highest BCUT2D eigenvalue weighted by atomic mass is 35.5. The largest absolute Gasteiger partial charge is 0.481 e. The Morgan fingerprint density at radius 1 is 1.22 bits per heavy atom. The molecule has 5 rings (SSSR count). The molecule has 1 fully saturated rings. The van der Waals surface area contributed by atoms with E-state index < -0.39 is 17.3 Å². The van der Waals surface area contributed by atoms with Crippen molar-refractivity contribution in [1.29, 1.82) is 0 Å². The van der Waals surface area contributed by atoms with Gasteiger partial charge in [0.05, 0.1) is 10.7 Å². The number of nitrogens with two attached hydrogens (primary N) is 1. The molecule has 1 unspecified atom stereocenters. The van der Waals surface area contributed by atoms with Crippen molar-refractivity contribution < 1.29 is 24.2 Å². The predicted molar refractivity (Wildman–Crippen MR) is 146 cm³/mol. The number of hydrogen-bond acceptors (Lipinski definition) is 8. The number of carboxylic acids is 1. The van der Waals surface area contributed by atoms with E-state index in [0.29, 0.717) is 29.3 Å². The molecule has 0 saturated heterocycles. The number of aromatic nitrogens is 1. The lowest BCUT2D eigenvalue weighted by molar-refractivity contribution is -0.140. The van der Waals surface area contributed by atoms with E-state index in [0.717, 1.165) is 33.3 Å². The van der Waals surface area contributed by atoms with Crippen LogP contribution in [0.4, 0.5) is 0 Å². The minimum atomic E-state index is -0.749. The third kappa shape index (κ3) is 6.38. The van der Waals surface area contributed by atoms with Crippen LogP contribution in [0.2, 0.25) is 5.02 Å². The summed E-state index contributed by atoms with van der Waals surface area (Å²) < 4.78 is 10.4. The van der Waals surface area contributed by atoms with Gasteiger partial charge in [-0.2, -0.15) is 0 Å². The van der Waals surface area contributed by atoms with E-state index >= 15 is 0 Å². The number of ether oxygens (including phenoxy) is 2. The number of thiazole rings is 1. The van der Waals surface area contributed by atoms with Gasteiger partial charge in [-0.1, -0.05) is 35.9 Å². The fourth-order valence-corrected chi connectivity index (χ4v) is 6.58. The van der Waals surface area contributed by atoms with Crippen LogP contribution in [-0.4, -0.2) is 60.1 Å². The van der Waals surface area contributed by atoms with Crippen molar-refractivity contribution in [2.24, 2.45) is 5.73 Å². The summed E-state index contributed by atoms with van der Waals surface area (Å²) in [5.41, 5.74) is 6.49. The van der Waals surface area contributed by atoms with Gasteiger partial charge in [0.25, 0.3) is 5.91 Å². The summed E-state index contributed by atoms with van der Waals surface area (Å²) in [4.78, 5) is 29.6. The molecule has 196 valence electrons. The number of thioether (sulfide) groups is 1. The molecule has 2 aliphatic rings. The van der Waals surface area contributed by atoms with Gasteiger partial charge >= 0.3 is 5.97 Å². The first kappa shape index (κ1) is 27.3. The quantitative estimate of drug-likeness (QED) is 0.382. The molecular weight excluding hydrogens is 534 g/mol. The van der Waals surface area contributed by atoms with Gasteiger partial charge < -0.3 is 25.2 Å². The SMILES string of the molecule is CN(C)CCSC(c1cnc(C(N)=O)s1)c1ccccc1Cl.O=C(O)C1(c2ccc3c(c2)OCO3)CC1. The molecule has 37 heavy (non-hydrogen) atoms. The highest BCUT2D eigenvalue weighted by Crippen LogP contribution is 2.50. The minimum Gasteiger partial charge on any atom is -0.481 e. The molecule has 11 heteroatoms. The number of nitrogens with zero attached hydrogens (tertiary/aromatic N) is 2. The van der Waals surface area contributed by atoms with E-state index in [1.165, 1.54) is 11.3 Å². The molecule has 8 nitrogen and oxygen atoms in total. The Labute approximate surface area is 228 Å². The van der Waals surface area contributed by atoms with Gasteiger partial charge in [0.2, 0.25) is 6.79 Å². The maximum Gasteiger partial charge on any atom is 0.314 e. The lowest BCUT2D eigenvalue weighted by Crippen LogP contribution is -2.19. The van der Waals surface area contributed by atoms with Gasteiger partial charge in [-0.3, -0.25) is 9.59 Å². The van der Waals surface area contributed by atoms with Crippen LogP contribution in [0.1, 0.15) is 43.9 Å². The Morgan fingerprint density at radius 2 is 1.95 bits per heavy atom. The van der Waals surface area contributed by atoms with Crippen LogP contribution in [0.3, 0.4) is 0 Å². The van der Waals surface area contributed by atoms with Crippen molar-refractivity contribution >= 4 is 46.6 Å². The van der Waals surface area contributed by atoms with Crippen molar-refractivity contribution in [3.63, 3.8) is 0 Å². The average Bonchev–Trinajstić information content (AvgIpc) is 3.30. The number of hydrogen-bond donors (Lipinski definition) is 2. The van der Waals surface area contributed by atoms with Gasteiger partial charge in [0.1, 0.15) is 0 Å². The first-order valence-corrected chi connectivity index (χ1v) is 13.9. The van der Waals surface area contributed by atoms with Crippen molar-refractivity contribution in [2.45, 2.75) is 23.5 Å². The second kappa shape index (κ2) is 11.7. The van der Waals surface area contributed by atoms with Gasteiger partial charge in [-0.25, -0.2) is 4.98 Å². The van der Waals surface area contributed by atoms with E-state index in [1.54, 1.807) is 30.1 Å². The molecule has 0 spiro atoms. The van der Waals surface area contributed by atoms with Gasteiger partial charge in [-0.05, 0) is 56.3 Å². The molecule has 1 aliphatic heterocycles. The normalized spacial score (nSPS) is 15.6. The third-order valence-electron chi connectivity index (χ3n) is 6.09. The standard InChI is InChI=1S/C15H18ClN3OS2.C11H10O4/c1-19(2)7-8-21-13(10-5-3-4-6-11(10)16)12-9-18-15(22-12)14(17)20;12-10(13)11(3-4-11)7-1-2-8-9(5-7)15-6-14-8/h3-6,9,13H,7-8H2,1-2H3,(H2,17,20);1-2,5H,3-4,6H2,(H,12,13). The van der Waals surface area contributed by atoms with Crippen molar-refractivity contribution in [3.05, 3.63) is 74.7 Å². The van der Waals surface area contributed by atoms with Crippen molar-refractivity contribution in [3.8, 4) is 11.5 Å². The fourth-order valence-electron chi connectivity index (χ4n) is 3.83. The first-order chi connectivity index (χ1) is 17.7. The number of carbonyl (C=O) groups excluding carboxylic acids is 1. The first-order valence-electron chi connectivity index (χ1n) is 11.6. The molecular formula is C26H28ClN3O5S2. The highest BCUT2D eigenvalue weighted by Gasteiger charge is 2.52. The number of rotatable bonds is 9. The monoisotopic (exact) mass is 561 g/mol. The zero-order chi connectivity index (χ0) is 26.6. The Morgan fingerprint density at radius 3 is 2.57 bits per heavy atom. The summed E-state index contributed by atoms with van der Waals surface area (Å²) in [6.45, 7) is 1.19. The van der Waals surface area contributed by atoms with Crippen LogP contribution in [0, 0.1) is 0 Å². The average molecular weight is 562 g/mol. The Hall–Kier alpha value is -2.79. The van der Waals surface area contributed by atoms with E-state index in [2.05, 4.69) is 9.88 Å². The van der Waals surface area contributed by atoms with Gasteiger partial charge in [0.15, 0.2) is 16.5 Å². The highest BCUT2D eigenvalue weighted by molar-refractivity contribution is 7.99. The van der Waals surface area contributed by atoms with Crippen LogP contribution >= 0.6 is 34.7 Å². The lowest BCUT2D eigenvalue weighted by atomic mass is 9.96. The van der Waals surface area contributed by atoms with Crippen LogP contribution in [-0.2, 0) is 10.2 Å². The number of fused-ring (bicyclic) bond motifs is 1. The number of aliphatic carboxylic acids is 1. The summed E-state index contributed by atoms with van der Waals surface area (Å²) in [5, 5.41) is 10.2. The summed E-state index contributed by atoms with van der Waals surface area (Å²) in [7, 11) is 4.09. The molecule has 0 bridgehead atoms. The summed E-state index contributed by atoms with van der Waals surface area (Å²) in [6.07, 6.45) is 3.14. The van der Waals surface area contributed by atoms with Crippen molar-refractivity contribution in [2.75, 3.05) is 33.2 Å². The van der Waals surface area contributed by atoms with Crippen LogP contribution < -0.4 is 15.2 Å². The number of benzene rings is 2. The molecule has 3 aromatic rings. The van der Waals surface area contributed by atoms with E-state index in [1.807, 2.05) is 44.4 Å². The molecule has 1 aromatic heterocycles. The van der Waals surface area contributed by atoms with Crippen LogP contribution in [0.15, 0.2) is 48.7 Å². The summed E-state index contributed by atoms with van der Waals surface area (Å²) in [6, 6.07) is 13.1. The molecule has 1 aliphatic carbocycles. The number of primary amides is 1. The predicted octanol–water partition coefficient (Wildman–Crippen LogP) is 4.81. The molecule has 2 aromatic carbocycles. The smallest absolute Gasteiger partial charge is 0.314 e. The second-order valence-electron chi connectivity index (χ2n) is 8.96. The second-order valence-corrected chi connectivity index (χ2v) is 11.6. The molecule has 0 radical (unpaired) electrons. The minimum absolute atomic E-state index is 0.0549. The van der Waals surface area contributed by atoms with E-state index in [9.17, 15) is 9.59 Å². The fraction of sp³-hybridized carbons (Fsp3) is 0.346. The third-order valence-corrected chi connectivity index (χ3v) is 8.92. The van der Waals surface area contributed by atoms with Crippen LogP contribution in [0.25, 0.3) is 0 Å². The topological polar surface area (TPSA) is 115 Å². The molecule has 1 saturated carbocycles. The van der Waals surface area contributed by atoms with Crippen molar-refractivity contribution in [1.82, 2.24) is 9.88 Å². The molecule has 2 heterocycles. The van der Waals surface area contributed by atoms with Gasteiger partial charge in [0, 0.05) is 28.4 Å². The summed E-state index contributed by atoms with van der Waals surface area (Å²) in [5.74, 6) is 1.06. The van der Waals surface area contributed by atoms with E-state index in [4.69, 9.17) is 31.9 Å². The zero-order valence-electron chi connectivity index (χ0n) is 20.5. The maximum absolute atomic E-state index is 11.3.